The van der Waals surface area contributed by atoms with Gasteiger partial charge in [0.05, 0.1) is 0 Å². The van der Waals surface area contributed by atoms with Crippen LogP contribution in [0, 0.1) is 5.41 Å². The molecule has 0 aromatic rings. The monoisotopic (exact) mass is 333 g/mol. The smallest absolute Gasteiger partial charge is 0.225 e. The van der Waals surface area contributed by atoms with E-state index < -0.39 is 0 Å². The largest absolute Gasteiger partial charge is 0.356 e. The van der Waals surface area contributed by atoms with E-state index in [1.54, 1.807) is 0 Å². The minimum absolute atomic E-state index is 0. The van der Waals surface area contributed by atoms with Gasteiger partial charge >= 0.3 is 0 Å². The van der Waals surface area contributed by atoms with E-state index in [1.807, 2.05) is 25.7 Å². The molecule has 0 aliphatic carbocycles. The molecule has 1 heterocycles. The first-order chi connectivity index (χ1) is 9.86. The van der Waals surface area contributed by atoms with Gasteiger partial charge in [-0.15, -0.1) is 12.4 Å². The number of carbonyl (C=O) groups excluding carboxylic acids is 2. The normalized spacial score (nSPS) is 17.7. The van der Waals surface area contributed by atoms with Crippen molar-refractivity contribution in [3.63, 3.8) is 0 Å². The number of hydrogen-bond acceptors (Lipinski definition) is 3. The van der Waals surface area contributed by atoms with E-state index in [9.17, 15) is 9.59 Å². The molecule has 1 aliphatic heterocycles. The SMILES string of the molecule is CCCN(C(=O)CCCNC(=O)C(C)(C)C)C1CCNC1.Cl. The first-order valence-corrected chi connectivity index (χ1v) is 8.14. The summed E-state index contributed by atoms with van der Waals surface area (Å²) in [4.78, 5) is 26.1. The highest BCUT2D eigenvalue weighted by Gasteiger charge is 2.25. The van der Waals surface area contributed by atoms with E-state index in [2.05, 4.69) is 17.6 Å². The van der Waals surface area contributed by atoms with Gasteiger partial charge in [0.25, 0.3) is 0 Å². The Morgan fingerprint density at radius 3 is 2.50 bits per heavy atom. The van der Waals surface area contributed by atoms with Crippen LogP contribution in [0.2, 0.25) is 0 Å². The lowest BCUT2D eigenvalue weighted by molar-refractivity contribution is -0.134. The topological polar surface area (TPSA) is 61.4 Å². The highest BCUT2D eigenvalue weighted by atomic mass is 35.5. The van der Waals surface area contributed by atoms with E-state index in [1.165, 1.54) is 0 Å². The second kappa shape index (κ2) is 10.1. The first kappa shape index (κ1) is 21.2. The molecule has 2 N–H and O–H groups in total. The lowest BCUT2D eigenvalue weighted by Crippen LogP contribution is -2.42. The minimum Gasteiger partial charge on any atom is -0.356 e. The van der Waals surface area contributed by atoms with Gasteiger partial charge in [0.15, 0.2) is 0 Å². The fourth-order valence-corrected chi connectivity index (χ4v) is 2.51. The van der Waals surface area contributed by atoms with Gasteiger partial charge in [-0.1, -0.05) is 27.7 Å². The van der Waals surface area contributed by atoms with E-state index >= 15 is 0 Å². The average Bonchev–Trinajstić information content (AvgIpc) is 2.93. The minimum atomic E-state index is -0.367. The van der Waals surface area contributed by atoms with Crippen LogP contribution in [0.15, 0.2) is 0 Å². The fourth-order valence-electron chi connectivity index (χ4n) is 2.51. The molecular formula is C16H32ClN3O2. The third-order valence-corrected chi connectivity index (χ3v) is 3.79. The summed E-state index contributed by atoms with van der Waals surface area (Å²) in [6, 6.07) is 0.349. The van der Waals surface area contributed by atoms with Crippen LogP contribution in [0.5, 0.6) is 0 Å². The summed E-state index contributed by atoms with van der Waals surface area (Å²) in [5, 5.41) is 6.21. The highest BCUT2D eigenvalue weighted by molar-refractivity contribution is 5.85. The average molecular weight is 334 g/mol. The summed E-state index contributed by atoms with van der Waals surface area (Å²) in [6.07, 6.45) is 3.26. The van der Waals surface area contributed by atoms with Gasteiger partial charge in [-0.05, 0) is 25.8 Å². The molecule has 1 aliphatic rings. The summed E-state index contributed by atoms with van der Waals surface area (Å²) in [6.45, 7) is 11.1. The maximum absolute atomic E-state index is 12.3. The third-order valence-electron chi connectivity index (χ3n) is 3.79. The molecule has 0 spiro atoms. The Morgan fingerprint density at radius 2 is 2.00 bits per heavy atom. The maximum Gasteiger partial charge on any atom is 0.225 e. The molecule has 0 aromatic heterocycles. The molecule has 0 saturated carbocycles. The summed E-state index contributed by atoms with van der Waals surface area (Å²) in [7, 11) is 0. The Bertz CT molecular complexity index is 350. The second-order valence-corrected chi connectivity index (χ2v) is 6.84. The predicted octanol–water partition coefficient (Wildman–Crippen LogP) is 1.95. The number of carbonyl (C=O) groups is 2. The van der Waals surface area contributed by atoms with Crippen LogP contribution in [0.1, 0.15) is 53.4 Å². The van der Waals surface area contributed by atoms with Crippen LogP contribution in [0.4, 0.5) is 0 Å². The highest BCUT2D eigenvalue weighted by Crippen LogP contribution is 2.13. The molecule has 5 nitrogen and oxygen atoms in total. The van der Waals surface area contributed by atoms with Gasteiger partial charge in [-0.3, -0.25) is 9.59 Å². The lowest BCUT2D eigenvalue weighted by Gasteiger charge is -2.28. The summed E-state index contributed by atoms with van der Waals surface area (Å²) < 4.78 is 0. The van der Waals surface area contributed by atoms with Crippen LogP contribution in [0.25, 0.3) is 0 Å². The number of rotatable bonds is 7. The molecule has 6 heteroatoms. The molecule has 0 radical (unpaired) electrons. The summed E-state index contributed by atoms with van der Waals surface area (Å²) in [5.74, 6) is 0.260. The zero-order valence-electron chi connectivity index (χ0n) is 14.4. The lowest BCUT2D eigenvalue weighted by atomic mass is 9.96. The quantitative estimate of drug-likeness (QED) is 0.700. The molecule has 2 amide bonds. The van der Waals surface area contributed by atoms with Gasteiger partial charge in [0.1, 0.15) is 0 Å². The fraction of sp³-hybridized carbons (Fsp3) is 0.875. The van der Waals surface area contributed by atoms with Crippen molar-refractivity contribution in [1.82, 2.24) is 15.5 Å². The molecule has 130 valence electrons. The van der Waals surface area contributed by atoms with Gasteiger partial charge in [0.2, 0.25) is 11.8 Å². The van der Waals surface area contributed by atoms with E-state index in [0.717, 1.165) is 32.5 Å². The summed E-state index contributed by atoms with van der Waals surface area (Å²) in [5.41, 5.74) is -0.367. The van der Waals surface area contributed by atoms with Crippen molar-refractivity contribution in [2.75, 3.05) is 26.2 Å². The van der Waals surface area contributed by atoms with Gasteiger partial charge in [-0.2, -0.15) is 0 Å². The van der Waals surface area contributed by atoms with Gasteiger partial charge in [0, 0.05) is 37.5 Å². The number of amides is 2. The molecule has 1 fully saturated rings. The van der Waals surface area contributed by atoms with Crippen LogP contribution in [-0.4, -0.2) is 48.9 Å². The summed E-state index contributed by atoms with van der Waals surface area (Å²) >= 11 is 0. The van der Waals surface area contributed by atoms with Crippen LogP contribution in [-0.2, 0) is 9.59 Å². The Hall–Kier alpha value is -0.810. The van der Waals surface area contributed by atoms with Crippen LogP contribution >= 0.6 is 12.4 Å². The zero-order valence-corrected chi connectivity index (χ0v) is 15.2. The van der Waals surface area contributed by atoms with Crippen LogP contribution < -0.4 is 10.6 Å². The van der Waals surface area contributed by atoms with Crippen molar-refractivity contribution in [3.8, 4) is 0 Å². The van der Waals surface area contributed by atoms with Gasteiger partial charge < -0.3 is 15.5 Å². The Labute approximate surface area is 141 Å². The molecule has 1 saturated heterocycles. The molecule has 0 bridgehead atoms. The molecule has 0 aromatic carbocycles. The van der Waals surface area contributed by atoms with Crippen molar-refractivity contribution in [1.29, 1.82) is 0 Å². The Kier molecular flexibility index (Phi) is 9.69. The number of hydrogen-bond donors (Lipinski definition) is 2. The number of halogens is 1. The van der Waals surface area contributed by atoms with Crippen molar-refractivity contribution in [3.05, 3.63) is 0 Å². The van der Waals surface area contributed by atoms with E-state index in [-0.39, 0.29) is 29.6 Å². The predicted molar refractivity (Wildman–Crippen MR) is 92.2 cm³/mol. The maximum atomic E-state index is 12.3. The molecule has 22 heavy (non-hydrogen) atoms. The zero-order chi connectivity index (χ0) is 15.9. The van der Waals surface area contributed by atoms with Crippen molar-refractivity contribution < 1.29 is 9.59 Å². The first-order valence-electron chi connectivity index (χ1n) is 8.14. The van der Waals surface area contributed by atoms with Crippen molar-refractivity contribution in [2.24, 2.45) is 5.41 Å². The molecular weight excluding hydrogens is 302 g/mol. The molecule has 1 unspecified atom stereocenters. The Morgan fingerprint density at radius 1 is 1.32 bits per heavy atom. The third kappa shape index (κ3) is 6.97. The van der Waals surface area contributed by atoms with E-state index in [0.29, 0.717) is 25.4 Å². The number of nitrogens with one attached hydrogen (secondary N) is 2. The molecule has 1 rings (SSSR count). The van der Waals surface area contributed by atoms with Crippen molar-refractivity contribution in [2.45, 2.75) is 59.4 Å². The van der Waals surface area contributed by atoms with Gasteiger partial charge in [-0.25, -0.2) is 0 Å². The number of nitrogens with zero attached hydrogens (tertiary/aromatic N) is 1. The second-order valence-electron chi connectivity index (χ2n) is 6.84. The molecule has 1 atom stereocenters. The van der Waals surface area contributed by atoms with E-state index in [4.69, 9.17) is 0 Å². The van der Waals surface area contributed by atoms with Crippen molar-refractivity contribution >= 4 is 24.2 Å². The standard InChI is InChI=1S/C16H31N3O2.ClH/c1-5-11-19(13-8-10-17-12-13)14(20)7-6-9-18-15(21)16(2,3)4;/h13,17H,5-12H2,1-4H3,(H,18,21);1H. The Balaban J connectivity index is 0.00000441. The van der Waals surface area contributed by atoms with Crippen LogP contribution in [0.3, 0.4) is 0 Å².